The van der Waals surface area contributed by atoms with Gasteiger partial charge in [0.05, 0.1) is 5.92 Å². The van der Waals surface area contributed by atoms with Crippen LogP contribution in [0.5, 0.6) is 0 Å². The van der Waals surface area contributed by atoms with Gasteiger partial charge in [-0.15, -0.1) is 0 Å². The Labute approximate surface area is 64.6 Å². The number of carbonyl (C=O) groups excluding carboxylic acids is 1. The summed E-state index contributed by atoms with van der Waals surface area (Å²) < 4.78 is 12.8. The van der Waals surface area contributed by atoms with E-state index in [0.717, 1.165) is 12.8 Å². The van der Waals surface area contributed by atoms with Crippen molar-refractivity contribution in [3.63, 3.8) is 0 Å². The number of halogens is 2. The van der Waals surface area contributed by atoms with Gasteiger partial charge in [-0.3, -0.25) is 4.79 Å². The number of hydrogen-bond donors (Lipinski definition) is 0. The lowest BCUT2D eigenvalue weighted by Crippen LogP contribution is -2.25. The van der Waals surface area contributed by atoms with E-state index in [9.17, 15) is 9.18 Å². The van der Waals surface area contributed by atoms with Crippen LogP contribution in [-0.2, 0) is 4.79 Å². The van der Waals surface area contributed by atoms with Crippen LogP contribution < -0.4 is 0 Å². The first-order valence-corrected chi connectivity index (χ1v) is 3.93. The van der Waals surface area contributed by atoms with Crippen molar-refractivity contribution in [2.75, 3.05) is 0 Å². The predicted octanol–water partition coefficient (Wildman–Crippen LogP) is 2.28. The summed E-state index contributed by atoms with van der Waals surface area (Å²) in [4.78, 5) is 10.5. The minimum atomic E-state index is -0.987. The summed E-state index contributed by atoms with van der Waals surface area (Å²) in [6.07, 6.45) is 1.97. The molecule has 1 nitrogen and oxygen atoms in total. The average Bonchev–Trinajstić information content (AvgIpc) is 1.88. The van der Waals surface area contributed by atoms with E-state index in [4.69, 9.17) is 11.6 Å². The van der Waals surface area contributed by atoms with Crippen LogP contribution in [0.3, 0.4) is 0 Å². The zero-order valence-corrected chi connectivity index (χ0v) is 6.40. The van der Waals surface area contributed by atoms with Gasteiger partial charge in [-0.1, -0.05) is 12.8 Å². The summed E-state index contributed by atoms with van der Waals surface area (Å²) >= 11 is 5.17. The summed E-state index contributed by atoms with van der Waals surface area (Å²) in [6, 6.07) is 0. The van der Waals surface area contributed by atoms with E-state index in [-0.39, 0.29) is 0 Å². The molecule has 0 N–H and O–H groups in total. The lowest BCUT2D eigenvalue weighted by atomic mass is 9.88. The molecule has 2 atom stereocenters. The van der Waals surface area contributed by atoms with Crippen molar-refractivity contribution >= 4 is 16.8 Å². The SMILES string of the molecule is O=C(Cl)C1CCCCC1F. The van der Waals surface area contributed by atoms with E-state index in [2.05, 4.69) is 0 Å². The second-order valence-electron chi connectivity index (χ2n) is 2.71. The van der Waals surface area contributed by atoms with Crippen molar-refractivity contribution in [2.24, 2.45) is 5.92 Å². The van der Waals surface area contributed by atoms with Crippen LogP contribution in [0.15, 0.2) is 0 Å². The molecule has 1 aliphatic carbocycles. The molecular weight excluding hydrogens is 155 g/mol. The molecule has 0 amide bonds. The van der Waals surface area contributed by atoms with E-state index in [1.54, 1.807) is 0 Å². The van der Waals surface area contributed by atoms with E-state index < -0.39 is 17.3 Å². The van der Waals surface area contributed by atoms with Crippen molar-refractivity contribution in [3.05, 3.63) is 0 Å². The van der Waals surface area contributed by atoms with Crippen LogP contribution >= 0.6 is 11.6 Å². The smallest absolute Gasteiger partial charge is 0.227 e. The maximum Gasteiger partial charge on any atom is 0.227 e. The maximum atomic E-state index is 12.8. The fraction of sp³-hybridized carbons (Fsp3) is 0.857. The summed E-state index contributed by atoms with van der Waals surface area (Å²) in [5.74, 6) is -0.518. The standard InChI is InChI=1S/C7H10ClFO/c8-7(10)5-3-1-2-4-6(5)9/h5-6H,1-4H2. The van der Waals surface area contributed by atoms with Gasteiger partial charge < -0.3 is 0 Å². The molecule has 0 aromatic heterocycles. The molecule has 1 rings (SSSR count). The zero-order valence-electron chi connectivity index (χ0n) is 5.65. The number of hydrogen-bond acceptors (Lipinski definition) is 1. The molecule has 1 fully saturated rings. The lowest BCUT2D eigenvalue weighted by molar-refractivity contribution is -0.118. The van der Waals surface area contributed by atoms with Gasteiger partial charge in [0.1, 0.15) is 6.17 Å². The molecule has 0 aliphatic heterocycles. The molecule has 0 heterocycles. The van der Waals surface area contributed by atoms with Gasteiger partial charge >= 0.3 is 0 Å². The molecule has 0 bridgehead atoms. The Morgan fingerprint density at radius 3 is 2.40 bits per heavy atom. The van der Waals surface area contributed by atoms with Gasteiger partial charge in [-0.25, -0.2) is 4.39 Å². The van der Waals surface area contributed by atoms with Gasteiger partial charge in [0, 0.05) is 0 Å². The van der Waals surface area contributed by atoms with Crippen molar-refractivity contribution < 1.29 is 9.18 Å². The molecule has 2 unspecified atom stereocenters. The monoisotopic (exact) mass is 164 g/mol. The molecule has 1 aliphatic rings. The number of rotatable bonds is 1. The topological polar surface area (TPSA) is 17.1 Å². The largest absolute Gasteiger partial charge is 0.281 e. The Balaban J connectivity index is 2.47. The number of alkyl halides is 1. The molecule has 0 aromatic rings. The fourth-order valence-corrected chi connectivity index (χ4v) is 1.59. The summed E-state index contributed by atoms with van der Waals surface area (Å²) in [7, 11) is 0. The quantitative estimate of drug-likeness (QED) is 0.544. The highest BCUT2D eigenvalue weighted by Gasteiger charge is 2.29. The van der Waals surface area contributed by atoms with Crippen LogP contribution in [0.1, 0.15) is 25.7 Å². The van der Waals surface area contributed by atoms with Crippen LogP contribution in [0.25, 0.3) is 0 Å². The average molecular weight is 165 g/mol. The van der Waals surface area contributed by atoms with Crippen molar-refractivity contribution in [1.82, 2.24) is 0 Å². The van der Waals surface area contributed by atoms with Crippen LogP contribution in [0.4, 0.5) is 4.39 Å². The lowest BCUT2D eigenvalue weighted by Gasteiger charge is -2.21. The van der Waals surface area contributed by atoms with Gasteiger partial charge in [0.15, 0.2) is 0 Å². The molecule has 0 saturated heterocycles. The third-order valence-corrected chi connectivity index (χ3v) is 2.25. The molecule has 0 radical (unpaired) electrons. The van der Waals surface area contributed by atoms with Crippen LogP contribution in [-0.4, -0.2) is 11.4 Å². The Kier molecular flexibility index (Phi) is 2.66. The van der Waals surface area contributed by atoms with E-state index in [1.807, 2.05) is 0 Å². The second kappa shape index (κ2) is 3.33. The zero-order chi connectivity index (χ0) is 7.56. The van der Waals surface area contributed by atoms with Gasteiger partial charge in [0.25, 0.3) is 0 Å². The minimum absolute atomic E-state index is 0.503. The Hall–Kier alpha value is -0.110. The molecular formula is C7H10ClFO. The highest BCUT2D eigenvalue weighted by molar-refractivity contribution is 6.64. The predicted molar refractivity (Wildman–Crippen MR) is 37.7 cm³/mol. The van der Waals surface area contributed by atoms with Gasteiger partial charge in [-0.2, -0.15) is 0 Å². The highest BCUT2D eigenvalue weighted by Crippen LogP contribution is 2.28. The van der Waals surface area contributed by atoms with E-state index in [0.29, 0.717) is 12.8 Å². The molecule has 10 heavy (non-hydrogen) atoms. The molecule has 0 spiro atoms. The van der Waals surface area contributed by atoms with E-state index in [1.165, 1.54) is 0 Å². The summed E-state index contributed by atoms with van der Waals surface area (Å²) in [5.41, 5.74) is 0. The third kappa shape index (κ3) is 1.69. The summed E-state index contributed by atoms with van der Waals surface area (Å²) in [6.45, 7) is 0. The van der Waals surface area contributed by atoms with Crippen LogP contribution in [0, 0.1) is 5.92 Å². The first kappa shape index (κ1) is 7.99. The maximum absolute atomic E-state index is 12.8. The summed E-state index contributed by atoms with van der Waals surface area (Å²) in [5, 5.41) is -0.507. The fourth-order valence-electron chi connectivity index (χ4n) is 1.34. The molecule has 0 aromatic carbocycles. The Morgan fingerprint density at radius 1 is 1.40 bits per heavy atom. The number of carbonyl (C=O) groups is 1. The second-order valence-corrected chi connectivity index (χ2v) is 3.08. The van der Waals surface area contributed by atoms with Crippen molar-refractivity contribution in [2.45, 2.75) is 31.9 Å². The van der Waals surface area contributed by atoms with Gasteiger partial charge in [0.2, 0.25) is 5.24 Å². The highest BCUT2D eigenvalue weighted by atomic mass is 35.5. The third-order valence-electron chi connectivity index (χ3n) is 1.97. The molecule has 1 saturated carbocycles. The first-order chi connectivity index (χ1) is 4.72. The van der Waals surface area contributed by atoms with Crippen LogP contribution in [0.2, 0.25) is 0 Å². The van der Waals surface area contributed by atoms with Crippen molar-refractivity contribution in [3.8, 4) is 0 Å². The minimum Gasteiger partial charge on any atom is -0.281 e. The first-order valence-electron chi connectivity index (χ1n) is 3.55. The normalized spacial score (nSPS) is 33.8. The van der Waals surface area contributed by atoms with Crippen molar-refractivity contribution in [1.29, 1.82) is 0 Å². The molecule has 3 heteroatoms. The van der Waals surface area contributed by atoms with Gasteiger partial charge in [-0.05, 0) is 24.4 Å². The Morgan fingerprint density at radius 2 is 2.00 bits per heavy atom. The Bertz CT molecular complexity index is 138. The van der Waals surface area contributed by atoms with E-state index >= 15 is 0 Å². The molecule has 58 valence electrons.